The molecule has 0 aliphatic carbocycles. The van der Waals surface area contributed by atoms with Crippen molar-refractivity contribution in [1.82, 2.24) is 14.6 Å². The molecule has 0 spiro atoms. The van der Waals surface area contributed by atoms with Gasteiger partial charge in [0.15, 0.2) is 6.23 Å². The number of nitriles is 1. The molecule has 2 heterocycles. The van der Waals surface area contributed by atoms with Gasteiger partial charge in [-0.2, -0.15) is 10.3 Å². The van der Waals surface area contributed by atoms with Crippen molar-refractivity contribution in [2.45, 2.75) is 50.8 Å². The van der Waals surface area contributed by atoms with Crippen molar-refractivity contribution in [3.05, 3.63) is 42.4 Å². The molecule has 1 aromatic carbocycles. The fourth-order valence-corrected chi connectivity index (χ4v) is 5.10. The molecule has 1 aliphatic heterocycles. The summed E-state index contributed by atoms with van der Waals surface area (Å²) >= 11 is 0. The van der Waals surface area contributed by atoms with Crippen LogP contribution in [0, 0.1) is 11.3 Å². The summed E-state index contributed by atoms with van der Waals surface area (Å²) in [5.41, 5.74) is -0.323. The van der Waals surface area contributed by atoms with Gasteiger partial charge in [0.05, 0.1) is 26.2 Å². The van der Waals surface area contributed by atoms with Gasteiger partial charge in [-0.25, -0.2) is 9.55 Å². The van der Waals surface area contributed by atoms with Gasteiger partial charge in [0.25, 0.3) is 0 Å². The Morgan fingerprint density at radius 2 is 1.90 bits per heavy atom. The zero-order valence-corrected chi connectivity index (χ0v) is 22.0. The van der Waals surface area contributed by atoms with Crippen LogP contribution in [0.5, 0.6) is 11.6 Å². The van der Waals surface area contributed by atoms with Crippen LogP contribution in [0.1, 0.15) is 32.2 Å². The number of hydrogen-bond acceptors (Lipinski definition) is 13. The van der Waals surface area contributed by atoms with E-state index in [9.17, 15) is 29.5 Å². The fraction of sp³-hybridized carbons (Fsp3) is 0.478. The molecule has 0 bridgehead atoms. The van der Waals surface area contributed by atoms with Crippen molar-refractivity contribution >= 4 is 19.7 Å². The van der Waals surface area contributed by atoms with Gasteiger partial charge < -0.3 is 34.1 Å². The summed E-state index contributed by atoms with van der Waals surface area (Å²) in [6, 6.07) is 7.99. The van der Waals surface area contributed by atoms with Gasteiger partial charge in [-0.1, -0.05) is 18.2 Å². The lowest BCUT2D eigenvalue weighted by Crippen LogP contribution is -2.40. The molecule has 212 valence electrons. The zero-order chi connectivity index (χ0) is 28.6. The third-order valence-electron chi connectivity index (χ3n) is 5.42. The first-order valence-corrected chi connectivity index (χ1v) is 13.4. The second-order valence-electron chi connectivity index (χ2n) is 8.12. The quantitative estimate of drug-likeness (QED) is 0.194. The van der Waals surface area contributed by atoms with Gasteiger partial charge in [0.2, 0.25) is 11.6 Å². The number of aliphatic hydroxyl groups excluding tert-OH is 2. The summed E-state index contributed by atoms with van der Waals surface area (Å²) in [5, 5.41) is 42.5. The number of esters is 2. The number of ether oxygens (including phenoxy) is 3. The minimum absolute atomic E-state index is 0.0272. The van der Waals surface area contributed by atoms with Crippen LogP contribution in [0.3, 0.4) is 0 Å². The molecular weight excluding hydrogens is 539 g/mol. The molecule has 6 atom stereocenters. The van der Waals surface area contributed by atoms with Crippen molar-refractivity contribution in [3.63, 3.8) is 0 Å². The molecular formula is C23H29N4O11P. The minimum Gasteiger partial charge on any atom is -0.492 e. The van der Waals surface area contributed by atoms with Gasteiger partial charge in [-0.3, -0.25) is 18.7 Å². The number of hydrogen-bond donors (Lipinski definition) is 4. The largest absolute Gasteiger partial charge is 0.492 e. The number of aromatic hydroxyl groups is 1. The third-order valence-corrected chi connectivity index (χ3v) is 6.99. The van der Waals surface area contributed by atoms with E-state index in [1.54, 1.807) is 38.1 Å². The van der Waals surface area contributed by atoms with E-state index in [1.807, 2.05) is 0 Å². The molecule has 1 aromatic heterocycles. The van der Waals surface area contributed by atoms with Gasteiger partial charge in [-0.05, 0) is 26.0 Å². The van der Waals surface area contributed by atoms with Crippen molar-refractivity contribution in [3.8, 4) is 17.7 Å². The van der Waals surface area contributed by atoms with Crippen molar-refractivity contribution in [1.29, 1.82) is 5.26 Å². The first kappa shape index (κ1) is 30.0. The third kappa shape index (κ3) is 7.54. The Bertz CT molecular complexity index is 1220. The Hall–Kier alpha value is -3.51. The van der Waals surface area contributed by atoms with E-state index < -0.39 is 69.2 Å². The average molecular weight is 568 g/mol. The average Bonchev–Trinajstić information content (AvgIpc) is 3.41. The lowest BCUT2D eigenvalue weighted by atomic mass is 10.1. The number of carbonyl (C=O) groups is 2. The van der Waals surface area contributed by atoms with Gasteiger partial charge >= 0.3 is 19.7 Å². The summed E-state index contributed by atoms with van der Waals surface area (Å²) in [5.74, 6) is -2.19. The van der Waals surface area contributed by atoms with Crippen LogP contribution in [0.4, 0.5) is 0 Å². The first-order chi connectivity index (χ1) is 18.6. The highest BCUT2D eigenvalue weighted by Crippen LogP contribution is 2.46. The molecule has 3 rings (SSSR count). The van der Waals surface area contributed by atoms with E-state index in [0.717, 1.165) is 10.9 Å². The number of imidazole rings is 1. The Labute approximate surface area is 223 Å². The van der Waals surface area contributed by atoms with Gasteiger partial charge in [0.1, 0.15) is 42.5 Å². The van der Waals surface area contributed by atoms with E-state index in [1.165, 1.54) is 12.1 Å². The molecule has 2 aromatic rings. The Kier molecular flexibility index (Phi) is 10.4. The standard InChI is InChI=1S/C23H29N4O11P/c1-3-34-18(28)10-15(23(32)35-4-2)26-39(33,38-14-8-6-5-7-9-14)36-12-17-19(29)20(30)22(37-17)27-13-25-16(11-24)21(27)31/h5-9,13,15,17,19-20,22,29-31H,3-4,10,12H2,1-2H3,(H,26,33)/t15-,17+,19+,20+,22+,39?/m0/s1. The molecule has 4 N–H and O–H groups in total. The molecule has 0 saturated carbocycles. The molecule has 1 saturated heterocycles. The van der Waals surface area contributed by atoms with Gasteiger partial charge in [0, 0.05) is 0 Å². The molecule has 16 heteroatoms. The lowest BCUT2D eigenvalue weighted by Gasteiger charge is -2.25. The Morgan fingerprint density at radius 1 is 1.21 bits per heavy atom. The van der Waals surface area contributed by atoms with E-state index >= 15 is 0 Å². The van der Waals surface area contributed by atoms with Crippen LogP contribution in [-0.4, -0.2) is 81.0 Å². The number of para-hydroxylation sites is 1. The van der Waals surface area contributed by atoms with E-state index in [4.69, 9.17) is 28.5 Å². The van der Waals surface area contributed by atoms with Crippen LogP contribution in [0.2, 0.25) is 0 Å². The smallest absolute Gasteiger partial charge is 0.459 e. The SMILES string of the molecule is CCOC(=O)C[C@H](NP(=O)(OC[C@H]1O[C@@H](n2cnc(C#N)c2O)[C@H](O)[C@@H]1O)Oc1ccccc1)C(=O)OCC. The fourth-order valence-electron chi connectivity index (χ4n) is 3.60. The summed E-state index contributed by atoms with van der Waals surface area (Å²) in [6.07, 6.45) is -5.36. The van der Waals surface area contributed by atoms with Crippen LogP contribution in [0.15, 0.2) is 36.7 Å². The van der Waals surface area contributed by atoms with Crippen molar-refractivity contribution < 1.29 is 52.7 Å². The Morgan fingerprint density at radius 3 is 2.51 bits per heavy atom. The number of aliphatic hydroxyl groups is 2. The number of benzene rings is 1. The predicted octanol–water partition coefficient (Wildman–Crippen LogP) is 0.758. The summed E-state index contributed by atoms with van der Waals surface area (Å²) < 4.78 is 41.3. The molecule has 39 heavy (non-hydrogen) atoms. The van der Waals surface area contributed by atoms with Crippen LogP contribution in [0.25, 0.3) is 0 Å². The zero-order valence-electron chi connectivity index (χ0n) is 21.1. The first-order valence-electron chi connectivity index (χ1n) is 11.9. The van der Waals surface area contributed by atoms with Crippen LogP contribution >= 0.6 is 7.75 Å². The maximum absolute atomic E-state index is 13.8. The molecule has 1 aliphatic rings. The predicted molar refractivity (Wildman–Crippen MR) is 130 cm³/mol. The topological polar surface area (TPSA) is 212 Å². The van der Waals surface area contributed by atoms with Crippen molar-refractivity contribution in [2.75, 3.05) is 19.8 Å². The second-order valence-corrected chi connectivity index (χ2v) is 9.82. The normalized spacial score (nSPS) is 22.8. The summed E-state index contributed by atoms with van der Waals surface area (Å²) in [6.45, 7) is 2.51. The second kappa shape index (κ2) is 13.5. The maximum atomic E-state index is 13.8. The van der Waals surface area contributed by atoms with E-state index in [-0.39, 0.29) is 24.7 Å². The number of carbonyl (C=O) groups excluding carboxylic acids is 2. The van der Waals surface area contributed by atoms with E-state index in [0.29, 0.717) is 0 Å². The lowest BCUT2D eigenvalue weighted by molar-refractivity contribution is -0.151. The number of aromatic nitrogens is 2. The Balaban J connectivity index is 1.81. The summed E-state index contributed by atoms with van der Waals surface area (Å²) in [7, 11) is -4.49. The number of nitrogens with one attached hydrogen (secondary N) is 1. The van der Waals surface area contributed by atoms with Crippen molar-refractivity contribution in [2.24, 2.45) is 0 Å². The highest BCUT2D eigenvalue weighted by molar-refractivity contribution is 7.52. The van der Waals surface area contributed by atoms with E-state index in [2.05, 4.69) is 10.1 Å². The van der Waals surface area contributed by atoms with Gasteiger partial charge in [-0.15, -0.1) is 0 Å². The molecule has 1 unspecified atom stereocenters. The maximum Gasteiger partial charge on any atom is 0.459 e. The summed E-state index contributed by atoms with van der Waals surface area (Å²) in [4.78, 5) is 28.3. The molecule has 0 radical (unpaired) electrons. The molecule has 0 amide bonds. The highest BCUT2D eigenvalue weighted by atomic mass is 31.2. The van der Waals surface area contributed by atoms with Crippen LogP contribution < -0.4 is 9.61 Å². The van der Waals surface area contributed by atoms with Crippen LogP contribution in [-0.2, 0) is 32.9 Å². The molecule has 15 nitrogen and oxygen atoms in total. The number of nitrogens with zero attached hydrogens (tertiary/aromatic N) is 3. The number of rotatable bonds is 13. The minimum atomic E-state index is -4.49. The molecule has 1 fully saturated rings. The highest BCUT2D eigenvalue weighted by Gasteiger charge is 2.46. The monoisotopic (exact) mass is 568 g/mol.